The largest absolute Gasteiger partial charge is 0.420 e. The summed E-state index contributed by atoms with van der Waals surface area (Å²) < 4.78 is 5.55. The fourth-order valence-electron chi connectivity index (χ4n) is 1.18. The molecule has 0 aliphatic rings. The van der Waals surface area contributed by atoms with E-state index < -0.39 is 0 Å². The molecule has 2 rings (SSSR count). The summed E-state index contributed by atoms with van der Waals surface area (Å²) in [6.07, 6.45) is 0. The van der Waals surface area contributed by atoms with Crippen molar-refractivity contribution in [3.63, 3.8) is 0 Å². The Bertz CT molecular complexity index is 482. The van der Waals surface area contributed by atoms with Gasteiger partial charge >= 0.3 is 0 Å². The first kappa shape index (κ1) is 10.9. The van der Waals surface area contributed by atoms with E-state index in [9.17, 15) is 0 Å². The third kappa shape index (κ3) is 2.49. The lowest BCUT2D eigenvalue weighted by molar-refractivity contribution is 0.447. The van der Waals surface area contributed by atoms with Gasteiger partial charge in [0.1, 0.15) is 0 Å². The molecule has 0 unspecified atom stereocenters. The Labute approximate surface area is 98.5 Å². The van der Waals surface area contributed by atoms with E-state index in [2.05, 4.69) is 9.97 Å². The van der Waals surface area contributed by atoms with Crippen molar-refractivity contribution in [1.82, 2.24) is 9.97 Å². The maximum atomic E-state index is 5.55. The Kier molecular flexibility index (Phi) is 3.05. The van der Waals surface area contributed by atoms with Crippen molar-refractivity contribution in [3.05, 3.63) is 29.3 Å². The lowest BCUT2D eigenvalue weighted by atomic mass is 10.4. The van der Waals surface area contributed by atoms with Gasteiger partial charge in [-0.2, -0.15) is 4.98 Å². The molecule has 0 spiro atoms. The van der Waals surface area contributed by atoms with E-state index in [0.717, 1.165) is 10.8 Å². The van der Waals surface area contributed by atoms with Crippen LogP contribution in [0.5, 0.6) is 11.8 Å². The first-order valence-corrected chi connectivity index (χ1v) is 5.77. The molecule has 5 heteroatoms. The first-order valence-electron chi connectivity index (χ1n) is 4.89. The highest BCUT2D eigenvalue weighted by atomic mass is 32.1. The van der Waals surface area contributed by atoms with Crippen LogP contribution in [0.25, 0.3) is 0 Å². The van der Waals surface area contributed by atoms with Crippen molar-refractivity contribution < 1.29 is 4.74 Å². The highest BCUT2D eigenvalue weighted by Crippen LogP contribution is 2.26. The third-order valence-electron chi connectivity index (χ3n) is 1.93. The number of thiazole rings is 1. The molecule has 2 aromatic heterocycles. The van der Waals surface area contributed by atoms with Crippen molar-refractivity contribution >= 4 is 16.5 Å². The summed E-state index contributed by atoms with van der Waals surface area (Å²) in [5.41, 5.74) is 0.931. The Morgan fingerprint density at radius 2 is 2.00 bits per heavy atom. The zero-order valence-electron chi connectivity index (χ0n) is 9.47. The quantitative estimate of drug-likeness (QED) is 0.820. The van der Waals surface area contributed by atoms with Crippen LogP contribution in [0, 0.1) is 6.92 Å². The molecular formula is C11H13N3OS. The summed E-state index contributed by atoms with van der Waals surface area (Å²) in [6.45, 7) is 1.93. The number of hydrogen-bond donors (Lipinski definition) is 0. The minimum Gasteiger partial charge on any atom is -0.420 e. The average Bonchev–Trinajstić information content (AvgIpc) is 2.66. The summed E-state index contributed by atoms with van der Waals surface area (Å²) in [5.74, 6) is 1.17. The van der Waals surface area contributed by atoms with Gasteiger partial charge in [-0.25, -0.2) is 4.98 Å². The minimum absolute atomic E-state index is 0.579. The van der Waals surface area contributed by atoms with E-state index in [1.807, 2.05) is 49.5 Å². The topological polar surface area (TPSA) is 38.2 Å². The van der Waals surface area contributed by atoms with Gasteiger partial charge in [0.05, 0.1) is 5.38 Å². The first-order chi connectivity index (χ1) is 7.65. The normalized spacial score (nSPS) is 10.2. The summed E-state index contributed by atoms with van der Waals surface area (Å²) in [4.78, 5) is 10.5. The molecule has 0 saturated heterocycles. The molecule has 0 aromatic carbocycles. The van der Waals surface area contributed by atoms with Crippen LogP contribution in [0.15, 0.2) is 23.6 Å². The number of aryl methyl sites for hydroxylation is 1. The van der Waals surface area contributed by atoms with Gasteiger partial charge in [0.15, 0.2) is 5.13 Å². The van der Waals surface area contributed by atoms with Crippen LogP contribution in [0.3, 0.4) is 0 Å². The van der Waals surface area contributed by atoms with Crippen molar-refractivity contribution in [1.29, 1.82) is 0 Å². The third-order valence-corrected chi connectivity index (χ3v) is 2.91. The van der Waals surface area contributed by atoms with Crippen LogP contribution in [0.2, 0.25) is 0 Å². The van der Waals surface area contributed by atoms with E-state index in [4.69, 9.17) is 4.74 Å². The van der Waals surface area contributed by atoms with Crippen molar-refractivity contribution in [2.75, 3.05) is 19.0 Å². The second-order valence-corrected chi connectivity index (χ2v) is 4.42. The SMILES string of the molecule is Cc1cccc(Oc2csc(N(C)C)n2)n1. The lowest BCUT2D eigenvalue weighted by Gasteiger charge is -2.05. The molecule has 0 saturated carbocycles. The number of hydrogen-bond acceptors (Lipinski definition) is 5. The second kappa shape index (κ2) is 4.49. The van der Waals surface area contributed by atoms with Gasteiger partial charge < -0.3 is 9.64 Å². The summed E-state index contributed by atoms with van der Waals surface area (Å²) in [7, 11) is 3.90. The number of anilines is 1. The van der Waals surface area contributed by atoms with E-state index in [0.29, 0.717) is 11.8 Å². The summed E-state index contributed by atoms with van der Waals surface area (Å²) in [6, 6.07) is 5.66. The number of nitrogens with zero attached hydrogens (tertiary/aromatic N) is 3. The van der Waals surface area contributed by atoms with Gasteiger partial charge in [0.25, 0.3) is 0 Å². The van der Waals surface area contributed by atoms with Gasteiger partial charge in [0, 0.05) is 25.9 Å². The van der Waals surface area contributed by atoms with Crippen LogP contribution < -0.4 is 9.64 Å². The molecule has 0 N–H and O–H groups in total. The Morgan fingerprint density at radius 1 is 1.19 bits per heavy atom. The lowest BCUT2D eigenvalue weighted by Crippen LogP contribution is -2.07. The van der Waals surface area contributed by atoms with Crippen molar-refractivity contribution in [2.45, 2.75) is 6.92 Å². The van der Waals surface area contributed by atoms with Gasteiger partial charge in [-0.15, -0.1) is 11.3 Å². The van der Waals surface area contributed by atoms with E-state index in [-0.39, 0.29) is 0 Å². The number of pyridine rings is 1. The van der Waals surface area contributed by atoms with E-state index in [1.54, 1.807) is 11.3 Å². The zero-order chi connectivity index (χ0) is 11.5. The Morgan fingerprint density at radius 3 is 2.62 bits per heavy atom. The standard InChI is InChI=1S/C11H13N3OS/c1-8-5-4-6-9(12-8)15-10-7-16-11(13-10)14(2)3/h4-7H,1-3H3. The molecule has 0 radical (unpaired) electrons. The molecule has 2 aromatic rings. The zero-order valence-corrected chi connectivity index (χ0v) is 10.3. The monoisotopic (exact) mass is 235 g/mol. The van der Waals surface area contributed by atoms with Gasteiger partial charge in [0.2, 0.25) is 11.8 Å². The average molecular weight is 235 g/mol. The number of rotatable bonds is 3. The highest BCUT2D eigenvalue weighted by Gasteiger charge is 2.05. The van der Waals surface area contributed by atoms with Gasteiger partial charge in [-0.05, 0) is 13.0 Å². The molecule has 0 aliphatic carbocycles. The number of aromatic nitrogens is 2. The molecule has 0 bridgehead atoms. The van der Waals surface area contributed by atoms with Crippen LogP contribution in [-0.4, -0.2) is 24.1 Å². The fourth-order valence-corrected chi connectivity index (χ4v) is 1.84. The molecule has 84 valence electrons. The molecule has 0 atom stereocenters. The fraction of sp³-hybridized carbons (Fsp3) is 0.273. The van der Waals surface area contributed by atoms with Crippen LogP contribution in [-0.2, 0) is 0 Å². The predicted octanol–water partition coefficient (Wildman–Crippen LogP) is 2.70. The molecule has 16 heavy (non-hydrogen) atoms. The number of ether oxygens (including phenoxy) is 1. The molecule has 4 nitrogen and oxygen atoms in total. The van der Waals surface area contributed by atoms with Crippen LogP contribution in [0.4, 0.5) is 5.13 Å². The van der Waals surface area contributed by atoms with Gasteiger partial charge in [-0.1, -0.05) is 6.07 Å². The molecule has 2 heterocycles. The van der Waals surface area contributed by atoms with Gasteiger partial charge in [-0.3, -0.25) is 0 Å². The minimum atomic E-state index is 0.579. The maximum Gasteiger partial charge on any atom is 0.234 e. The summed E-state index contributed by atoms with van der Waals surface area (Å²) in [5, 5.41) is 2.79. The predicted molar refractivity (Wildman–Crippen MR) is 65.5 cm³/mol. The Hall–Kier alpha value is -1.62. The van der Waals surface area contributed by atoms with E-state index in [1.165, 1.54) is 0 Å². The molecular weight excluding hydrogens is 222 g/mol. The molecule has 0 aliphatic heterocycles. The van der Waals surface area contributed by atoms with Crippen LogP contribution >= 0.6 is 11.3 Å². The molecule has 0 fully saturated rings. The van der Waals surface area contributed by atoms with E-state index >= 15 is 0 Å². The highest BCUT2D eigenvalue weighted by molar-refractivity contribution is 7.13. The second-order valence-electron chi connectivity index (χ2n) is 3.58. The summed E-state index contributed by atoms with van der Waals surface area (Å²) >= 11 is 1.54. The van der Waals surface area contributed by atoms with Crippen LogP contribution in [0.1, 0.15) is 5.69 Å². The molecule has 0 amide bonds. The maximum absolute atomic E-state index is 5.55. The van der Waals surface area contributed by atoms with Crippen molar-refractivity contribution in [2.24, 2.45) is 0 Å². The Balaban J connectivity index is 2.14. The van der Waals surface area contributed by atoms with Crippen molar-refractivity contribution in [3.8, 4) is 11.8 Å². The smallest absolute Gasteiger partial charge is 0.234 e.